The molecule has 2 aromatic rings. The Morgan fingerprint density at radius 2 is 1.91 bits per heavy atom. The summed E-state index contributed by atoms with van der Waals surface area (Å²) in [7, 11) is 0. The van der Waals surface area contributed by atoms with E-state index in [-0.39, 0.29) is 0 Å². The molecule has 0 radical (unpaired) electrons. The standard InChI is InChI=1S/C20H20N2O/c1-3-22(4-2)15-10-11-17-19(13-15)23-18-12-9-14-7-5-6-8-16(14)20(18)21-17/h5-8,10-13H,3-4,9H2,1-2H3. The topological polar surface area (TPSA) is 24.8 Å². The molecule has 0 N–H and O–H groups in total. The third-order valence-electron chi connectivity index (χ3n) is 4.54. The highest BCUT2D eigenvalue weighted by Crippen LogP contribution is 2.39. The average molecular weight is 304 g/mol. The molecule has 0 spiro atoms. The highest BCUT2D eigenvalue weighted by Gasteiger charge is 2.25. The van der Waals surface area contributed by atoms with Crippen LogP contribution in [0.25, 0.3) is 0 Å². The summed E-state index contributed by atoms with van der Waals surface area (Å²) in [6.07, 6.45) is 3.03. The predicted molar refractivity (Wildman–Crippen MR) is 95.1 cm³/mol. The molecule has 116 valence electrons. The normalized spacial score (nSPS) is 14.7. The van der Waals surface area contributed by atoms with E-state index in [1.165, 1.54) is 16.8 Å². The van der Waals surface area contributed by atoms with E-state index in [2.05, 4.69) is 67.3 Å². The molecule has 23 heavy (non-hydrogen) atoms. The largest absolute Gasteiger partial charge is 0.453 e. The zero-order chi connectivity index (χ0) is 15.8. The van der Waals surface area contributed by atoms with Crippen LogP contribution in [-0.4, -0.2) is 18.8 Å². The van der Waals surface area contributed by atoms with E-state index >= 15 is 0 Å². The van der Waals surface area contributed by atoms with Crippen LogP contribution < -0.4 is 9.64 Å². The van der Waals surface area contributed by atoms with Crippen molar-refractivity contribution in [3.63, 3.8) is 0 Å². The summed E-state index contributed by atoms with van der Waals surface area (Å²) in [5.74, 6) is 1.73. The van der Waals surface area contributed by atoms with Gasteiger partial charge in [-0.2, -0.15) is 0 Å². The Morgan fingerprint density at radius 3 is 2.74 bits per heavy atom. The molecule has 0 aromatic heterocycles. The molecule has 3 heteroatoms. The molecule has 1 aliphatic heterocycles. The molecule has 0 unspecified atom stereocenters. The molecule has 0 fully saturated rings. The maximum atomic E-state index is 6.18. The van der Waals surface area contributed by atoms with Crippen LogP contribution in [0.4, 0.5) is 11.4 Å². The first kappa shape index (κ1) is 14.1. The number of hydrogen-bond donors (Lipinski definition) is 0. The summed E-state index contributed by atoms with van der Waals surface area (Å²) in [6, 6.07) is 14.7. The summed E-state index contributed by atoms with van der Waals surface area (Å²) < 4.78 is 6.18. The molecule has 1 heterocycles. The van der Waals surface area contributed by atoms with Gasteiger partial charge in [-0.3, -0.25) is 0 Å². The van der Waals surface area contributed by atoms with Gasteiger partial charge < -0.3 is 9.64 Å². The van der Waals surface area contributed by atoms with E-state index in [0.717, 1.165) is 42.4 Å². The van der Waals surface area contributed by atoms with Crippen molar-refractivity contribution in [2.45, 2.75) is 20.3 Å². The van der Waals surface area contributed by atoms with E-state index in [4.69, 9.17) is 9.73 Å². The Labute approximate surface area is 136 Å². The SMILES string of the molecule is CCN(CC)c1ccc2c(c1)OC1=CCc3ccccc3C1=N2. The van der Waals surface area contributed by atoms with Crippen molar-refractivity contribution in [1.82, 2.24) is 0 Å². The first-order valence-electron chi connectivity index (χ1n) is 8.24. The summed E-state index contributed by atoms with van der Waals surface area (Å²) in [4.78, 5) is 7.18. The van der Waals surface area contributed by atoms with Gasteiger partial charge in [-0.15, -0.1) is 0 Å². The second kappa shape index (κ2) is 5.58. The van der Waals surface area contributed by atoms with Gasteiger partial charge in [-0.25, -0.2) is 4.99 Å². The van der Waals surface area contributed by atoms with Crippen molar-refractivity contribution in [1.29, 1.82) is 0 Å². The number of ether oxygens (including phenoxy) is 1. The number of nitrogens with zero attached hydrogens (tertiary/aromatic N) is 2. The maximum Gasteiger partial charge on any atom is 0.155 e. The zero-order valence-electron chi connectivity index (χ0n) is 13.5. The van der Waals surface area contributed by atoms with Gasteiger partial charge in [0.25, 0.3) is 0 Å². The highest BCUT2D eigenvalue weighted by atomic mass is 16.5. The van der Waals surface area contributed by atoms with Crippen LogP contribution in [0.15, 0.2) is 59.3 Å². The summed E-state index contributed by atoms with van der Waals surface area (Å²) in [5, 5.41) is 0. The molecular weight excluding hydrogens is 284 g/mol. The van der Waals surface area contributed by atoms with Crippen molar-refractivity contribution in [2.24, 2.45) is 4.99 Å². The van der Waals surface area contributed by atoms with E-state index in [1.54, 1.807) is 0 Å². The van der Waals surface area contributed by atoms with Crippen molar-refractivity contribution < 1.29 is 4.74 Å². The average Bonchev–Trinajstić information content (AvgIpc) is 2.61. The predicted octanol–water partition coefficient (Wildman–Crippen LogP) is 4.49. The first-order chi connectivity index (χ1) is 11.3. The molecule has 0 saturated heterocycles. The van der Waals surface area contributed by atoms with E-state index in [9.17, 15) is 0 Å². The maximum absolute atomic E-state index is 6.18. The summed E-state index contributed by atoms with van der Waals surface area (Å²) in [6.45, 7) is 6.31. The molecular formula is C20H20N2O. The third kappa shape index (κ3) is 2.33. The van der Waals surface area contributed by atoms with Gasteiger partial charge in [0.1, 0.15) is 17.2 Å². The number of aliphatic imine (C=N–C) groups is 1. The molecule has 0 amide bonds. The van der Waals surface area contributed by atoms with Crippen LogP contribution in [0, 0.1) is 0 Å². The van der Waals surface area contributed by atoms with E-state index < -0.39 is 0 Å². The minimum atomic E-state index is 0.851. The van der Waals surface area contributed by atoms with Gasteiger partial charge in [0.15, 0.2) is 5.75 Å². The summed E-state index contributed by atoms with van der Waals surface area (Å²) >= 11 is 0. The van der Waals surface area contributed by atoms with Gasteiger partial charge in [0.05, 0.1) is 0 Å². The van der Waals surface area contributed by atoms with Crippen molar-refractivity contribution in [3.8, 4) is 5.75 Å². The molecule has 3 nitrogen and oxygen atoms in total. The molecule has 2 aliphatic rings. The Bertz CT molecular complexity index is 816. The minimum absolute atomic E-state index is 0.851. The lowest BCUT2D eigenvalue weighted by Crippen LogP contribution is -2.22. The fraction of sp³-hybridized carbons (Fsp3) is 0.250. The minimum Gasteiger partial charge on any atom is -0.453 e. The fourth-order valence-corrected chi connectivity index (χ4v) is 3.27. The number of benzene rings is 2. The molecule has 0 atom stereocenters. The molecule has 0 bridgehead atoms. The van der Waals surface area contributed by atoms with Crippen LogP contribution in [0.3, 0.4) is 0 Å². The van der Waals surface area contributed by atoms with Gasteiger partial charge in [0, 0.05) is 30.4 Å². The monoisotopic (exact) mass is 304 g/mol. The van der Waals surface area contributed by atoms with Crippen molar-refractivity contribution >= 4 is 17.1 Å². The lowest BCUT2D eigenvalue weighted by atomic mass is 9.93. The lowest BCUT2D eigenvalue weighted by molar-refractivity contribution is 0.447. The number of hydrogen-bond acceptors (Lipinski definition) is 3. The van der Waals surface area contributed by atoms with Gasteiger partial charge >= 0.3 is 0 Å². The number of fused-ring (bicyclic) bond motifs is 4. The van der Waals surface area contributed by atoms with E-state index in [1.807, 2.05) is 0 Å². The number of allylic oxidation sites excluding steroid dienone is 2. The smallest absolute Gasteiger partial charge is 0.155 e. The van der Waals surface area contributed by atoms with Crippen LogP contribution >= 0.6 is 0 Å². The summed E-state index contributed by atoms with van der Waals surface area (Å²) in [5.41, 5.74) is 5.54. The Hall–Kier alpha value is -2.55. The third-order valence-corrected chi connectivity index (χ3v) is 4.54. The molecule has 1 aliphatic carbocycles. The fourth-order valence-electron chi connectivity index (χ4n) is 3.27. The molecule has 2 aromatic carbocycles. The van der Waals surface area contributed by atoms with E-state index in [0.29, 0.717) is 0 Å². The second-order valence-corrected chi connectivity index (χ2v) is 5.82. The number of rotatable bonds is 3. The Kier molecular flexibility index (Phi) is 3.41. The zero-order valence-corrected chi connectivity index (χ0v) is 13.5. The van der Waals surface area contributed by atoms with Crippen LogP contribution in [0.5, 0.6) is 5.75 Å². The highest BCUT2D eigenvalue weighted by molar-refractivity contribution is 6.15. The quantitative estimate of drug-likeness (QED) is 0.835. The van der Waals surface area contributed by atoms with Gasteiger partial charge in [-0.1, -0.05) is 24.3 Å². The van der Waals surface area contributed by atoms with Crippen LogP contribution in [-0.2, 0) is 6.42 Å². The van der Waals surface area contributed by atoms with Crippen molar-refractivity contribution in [3.05, 3.63) is 65.4 Å². The van der Waals surface area contributed by atoms with Crippen LogP contribution in [0.2, 0.25) is 0 Å². The molecule has 4 rings (SSSR count). The Balaban J connectivity index is 1.79. The molecule has 0 saturated carbocycles. The second-order valence-electron chi connectivity index (χ2n) is 5.82. The number of anilines is 1. The van der Waals surface area contributed by atoms with Crippen molar-refractivity contribution in [2.75, 3.05) is 18.0 Å². The van der Waals surface area contributed by atoms with Gasteiger partial charge in [0.2, 0.25) is 0 Å². The lowest BCUT2D eigenvalue weighted by Gasteiger charge is -2.26. The van der Waals surface area contributed by atoms with Crippen LogP contribution in [0.1, 0.15) is 25.0 Å². The Morgan fingerprint density at radius 1 is 1.09 bits per heavy atom. The van der Waals surface area contributed by atoms with Gasteiger partial charge in [-0.05, 0) is 44.0 Å². The first-order valence-corrected chi connectivity index (χ1v) is 8.24.